The number of nitriles is 1. The quantitative estimate of drug-likeness (QED) is 0.682. The average molecular weight is 339 g/mol. The van der Waals surface area contributed by atoms with E-state index in [1.54, 1.807) is 18.2 Å². The van der Waals surface area contributed by atoms with Crippen LogP contribution in [0, 0.1) is 29.9 Å². The first-order valence-electron chi connectivity index (χ1n) is 7.25. The van der Waals surface area contributed by atoms with E-state index in [-0.39, 0.29) is 11.4 Å². The Labute approximate surface area is 141 Å². The Hall–Kier alpha value is -3.47. The van der Waals surface area contributed by atoms with Crippen molar-refractivity contribution in [3.05, 3.63) is 71.1 Å². The molecule has 1 aromatic heterocycles. The lowest BCUT2D eigenvalue weighted by molar-refractivity contribution is 0.0974. The van der Waals surface area contributed by atoms with Crippen LogP contribution in [0.15, 0.2) is 42.5 Å². The fraction of sp³-hybridized carbons (Fsp3) is 0.118. The van der Waals surface area contributed by atoms with Crippen LogP contribution in [0.1, 0.15) is 27.7 Å². The number of aryl methyl sites for hydroxylation is 1. The predicted molar refractivity (Wildman–Crippen MR) is 82.9 cm³/mol. The molecule has 0 unspecified atom stereocenters. The van der Waals surface area contributed by atoms with E-state index in [2.05, 4.69) is 15.5 Å². The summed E-state index contributed by atoms with van der Waals surface area (Å²) in [4.78, 5) is 12.6. The highest BCUT2D eigenvalue weighted by Gasteiger charge is 2.29. The third kappa shape index (κ3) is 3.26. The minimum Gasteiger partial charge on any atom is -0.292 e. The van der Waals surface area contributed by atoms with E-state index in [1.807, 2.05) is 19.1 Å². The van der Waals surface area contributed by atoms with Gasteiger partial charge in [0.2, 0.25) is 0 Å². The van der Waals surface area contributed by atoms with Gasteiger partial charge in [-0.25, -0.2) is 8.78 Å². The molecule has 0 aliphatic rings. The SMILES string of the molecule is Cc1ccc(-n2nnnc2[C@@H](C#N)C(=O)c2cc(F)cc(F)c2)cc1. The number of ketones is 1. The average Bonchev–Trinajstić information content (AvgIpc) is 3.04. The van der Waals surface area contributed by atoms with Crippen LogP contribution in [0.2, 0.25) is 0 Å². The third-order valence-corrected chi connectivity index (χ3v) is 3.57. The molecular weight excluding hydrogens is 328 g/mol. The summed E-state index contributed by atoms with van der Waals surface area (Å²) >= 11 is 0. The first kappa shape index (κ1) is 16.4. The standard InChI is InChI=1S/C17H11F2N5O/c1-10-2-4-14(5-3-10)24-17(21-22-23-24)15(9-20)16(25)11-6-12(18)8-13(19)7-11/h2-8,15H,1H3/t15-/m0/s1. The molecule has 0 radical (unpaired) electrons. The lowest BCUT2D eigenvalue weighted by Gasteiger charge is -2.09. The highest BCUT2D eigenvalue weighted by molar-refractivity contribution is 6.02. The number of nitrogens with zero attached hydrogens (tertiary/aromatic N) is 5. The molecule has 1 heterocycles. The van der Waals surface area contributed by atoms with Crippen LogP contribution < -0.4 is 0 Å². The number of rotatable bonds is 4. The van der Waals surface area contributed by atoms with Crippen molar-refractivity contribution in [3.63, 3.8) is 0 Å². The van der Waals surface area contributed by atoms with Gasteiger partial charge in [0.05, 0.1) is 11.8 Å². The summed E-state index contributed by atoms with van der Waals surface area (Å²) in [5.41, 5.74) is 1.31. The second-order valence-corrected chi connectivity index (χ2v) is 5.37. The van der Waals surface area contributed by atoms with Crippen molar-refractivity contribution in [1.82, 2.24) is 20.2 Å². The molecular formula is C17H11F2N5O. The van der Waals surface area contributed by atoms with Crippen molar-refractivity contribution >= 4 is 5.78 Å². The van der Waals surface area contributed by atoms with E-state index in [4.69, 9.17) is 0 Å². The lowest BCUT2D eigenvalue weighted by atomic mass is 9.97. The Bertz CT molecular complexity index is 955. The van der Waals surface area contributed by atoms with Crippen LogP contribution in [0.3, 0.4) is 0 Å². The minimum absolute atomic E-state index is 0.0268. The van der Waals surface area contributed by atoms with Gasteiger partial charge in [-0.15, -0.1) is 5.10 Å². The predicted octanol–water partition coefficient (Wildman–Crippen LogP) is 2.74. The van der Waals surface area contributed by atoms with Crippen molar-refractivity contribution < 1.29 is 13.6 Å². The molecule has 25 heavy (non-hydrogen) atoms. The van der Waals surface area contributed by atoms with Crippen LogP contribution in [0.5, 0.6) is 0 Å². The Balaban J connectivity index is 2.02. The van der Waals surface area contributed by atoms with Crippen molar-refractivity contribution in [2.24, 2.45) is 0 Å². The molecule has 3 aromatic rings. The van der Waals surface area contributed by atoms with Crippen molar-refractivity contribution in [3.8, 4) is 11.8 Å². The molecule has 0 fully saturated rings. The monoisotopic (exact) mass is 339 g/mol. The molecule has 124 valence electrons. The van der Waals surface area contributed by atoms with Gasteiger partial charge in [-0.3, -0.25) is 4.79 Å². The fourth-order valence-electron chi connectivity index (χ4n) is 2.34. The summed E-state index contributed by atoms with van der Waals surface area (Å²) in [6.07, 6.45) is 0. The number of halogens is 2. The van der Waals surface area contributed by atoms with Crippen molar-refractivity contribution in [1.29, 1.82) is 5.26 Å². The summed E-state index contributed by atoms with van der Waals surface area (Å²) in [6.45, 7) is 1.91. The first-order valence-corrected chi connectivity index (χ1v) is 7.25. The summed E-state index contributed by atoms with van der Waals surface area (Å²) < 4.78 is 28.0. The largest absolute Gasteiger partial charge is 0.292 e. The second kappa shape index (κ2) is 6.57. The van der Waals surface area contributed by atoms with Gasteiger partial charge in [-0.1, -0.05) is 17.7 Å². The molecule has 2 aromatic carbocycles. The third-order valence-electron chi connectivity index (χ3n) is 3.57. The van der Waals surface area contributed by atoms with E-state index in [0.717, 1.165) is 17.7 Å². The maximum Gasteiger partial charge on any atom is 0.188 e. The normalized spacial score (nSPS) is 11.8. The number of hydrogen-bond donors (Lipinski definition) is 0. The smallest absolute Gasteiger partial charge is 0.188 e. The van der Waals surface area contributed by atoms with E-state index < -0.39 is 23.3 Å². The highest BCUT2D eigenvalue weighted by Crippen LogP contribution is 2.22. The Morgan fingerprint density at radius 3 is 2.40 bits per heavy atom. The van der Waals surface area contributed by atoms with Gasteiger partial charge >= 0.3 is 0 Å². The number of hydrogen-bond acceptors (Lipinski definition) is 5. The van der Waals surface area contributed by atoms with Crippen LogP contribution in [-0.4, -0.2) is 26.0 Å². The second-order valence-electron chi connectivity index (χ2n) is 5.37. The zero-order valence-corrected chi connectivity index (χ0v) is 13.0. The minimum atomic E-state index is -1.41. The van der Waals surface area contributed by atoms with Gasteiger partial charge < -0.3 is 0 Å². The van der Waals surface area contributed by atoms with E-state index in [1.165, 1.54) is 4.68 Å². The first-order chi connectivity index (χ1) is 12.0. The molecule has 0 aliphatic carbocycles. The molecule has 0 bridgehead atoms. The Morgan fingerprint density at radius 2 is 1.80 bits per heavy atom. The molecule has 0 amide bonds. The zero-order chi connectivity index (χ0) is 18.0. The number of carbonyl (C=O) groups is 1. The van der Waals surface area contributed by atoms with Gasteiger partial charge in [0.25, 0.3) is 0 Å². The van der Waals surface area contributed by atoms with Gasteiger partial charge in [0, 0.05) is 11.6 Å². The van der Waals surface area contributed by atoms with Crippen molar-refractivity contribution in [2.75, 3.05) is 0 Å². The van der Waals surface area contributed by atoms with Crippen LogP contribution in [0.25, 0.3) is 5.69 Å². The fourth-order valence-corrected chi connectivity index (χ4v) is 2.34. The van der Waals surface area contributed by atoms with Crippen molar-refractivity contribution in [2.45, 2.75) is 12.8 Å². The molecule has 0 aliphatic heterocycles. The molecule has 1 atom stereocenters. The summed E-state index contributed by atoms with van der Waals surface area (Å²) in [6, 6.07) is 11.3. The van der Waals surface area contributed by atoms with Gasteiger partial charge in [0.1, 0.15) is 11.6 Å². The topological polar surface area (TPSA) is 84.5 Å². The number of aromatic nitrogens is 4. The van der Waals surface area contributed by atoms with Gasteiger partial charge in [0.15, 0.2) is 17.5 Å². The molecule has 0 spiro atoms. The lowest BCUT2D eigenvalue weighted by Crippen LogP contribution is -2.17. The number of carbonyl (C=O) groups excluding carboxylic acids is 1. The molecule has 3 rings (SSSR count). The maximum atomic E-state index is 13.4. The molecule has 0 saturated heterocycles. The van der Waals surface area contributed by atoms with E-state index in [0.29, 0.717) is 11.8 Å². The Morgan fingerprint density at radius 1 is 1.16 bits per heavy atom. The van der Waals surface area contributed by atoms with Gasteiger partial charge in [-0.2, -0.15) is 9.94 Å². The molecule has 0 N–H and O–H groups in total. The molecule has 6 nitrogen and oxygen atoms in total. The van der Waals surface area contributed by atoms with Gasteiger partial charge in [-0.05, 0) is 41.6 Å². The number of benzene rings is 2. The number of tetrazole rings is 1. The highest BCUT2D eigenvalue weighted by atomic mass is 19.1. The van der Waals surface area contributed by atoms with Crippen LogP contribution in [-0.2, 0) is 0 Å². The molecule has 8 heteroatoms. The summed E-state index contributed by atoms with van der Waals surface area (Å²) in [7, 11) is 0. The van der Waals surface area contributed by atoms with E-state index >= 15 is 0 Å². The van der Waals surface area contributed by atoms with Crippen LogP contribution in [0.4, 0.5) is 8.78 Å². The summed E-state index contributed by atoms with van der Waals surface area (Å²) in [5, 5.41) is 20.5. The zero-order valence-electron chi connectivity index (χ0n) is 13.0. The van der Waals surface area contributed by atoms with Crippen LogP contribution >= 0.6 is 0 Å². The maximum absolute atomic E-state index is 13.4. The molecule has 0 saturated carbocycles. The Kier molecular flexibility index (Phi) is 4.31. The number of Topliss-reactive ketones (excluding diaryl/α,β-unsaturated/α-hetero) is 1. The van der Waals surface area contributed by atoms with E-state index in [9.17, 15) is 18.8 Å². The summed E-state index contributed by atoms with van der Waals surface area (Å²) in [5.74, 6) is -4.03.